The maximum atomic E-state index is 13.7. The second-order valence-electron chi connectivity index (χ2n) is 4.06. The number of nitrogens with zero attached hydrogens (tertiary/aromatic N) is 1. The average molecular weight is 300 g/mol. The van der Waals surface area contributed by atoms with Crippen molar-refractivity contribution in [3.05, 3.63) is 63.6 Å². The molecule has 0 aliphatic rings. The molecule has 1 atom stereocenters. The number of rotatable bonds is 4. The van der Waals surface area contributed by atoms with Crippen LogP contribution < -0.4 is 11.3 Å². The zero-order valence-electron chi connectivity index (χ0n) is 9.91. The SMILES string of the molecule is NNC(Cc1cc(Cl)ccc1F)c1ccc(Cl)cn1. The topological polar surface area (TPSA) is 50.9 Å². The Morgan fingerprint density at radius 3 is 2.58 bits per heavy atom. The fraction of sp³-hybridized carbons (Fsp3) is 0.154. The average Bonchev–Trinajstić information content (AvgIpc) is 2.41. The predicted octanol–water partition coefficient (Wildman–Crippen LogP) is 3.27. The first-order valence-corrected chi connectivity index (χ1v) is 6.37. The Kier molecular flexibility index (Phi) is 4.71. The van der Waals surface area contributed by atoms with Crippen LogP contribution in [0.5, 0.6) is 0 Å². The van der Waals surface area contributed by atoms with Crippen molar-refractivity contribution >= 4 is 23.2 Å². The van der Waals surface area contributed by atoms with Crippen LogP contribution in [0.1, 0.15) is 17.3 Å². The Morgan fingerprint density at radius 1 is 1.21 bits per heavy atom. The van der Waals surface area contributed by atoms with Gasteiger partial charge >= 0.3 is 0 Å². The molecule has 3 N–H and O–H groups in total. The molecule has 1 heterocycles. The zero-order chi connectivity index (χ0) is 13.8. The van der Waals surface area contributed by atoms with E-state index in [0.29, 0.717) is 27.7 Å². The summed E-state index contributed by atoms with van der Waals surface area (Å²) in [6.45, 7) is 0. The van der Waals surface area contributed by atoms with Crippen molar-refractivity contribution in [3.63, 3.8) is 0 Å². The van der Waals surface area contributed by atoms with Gasteiger partial charge in [-0.05, 0) is 42.3 Å². The Morgan fingerprint density at radius 2 is 1.95 bits per heavy atom. The van der Waals surface area contributed by atoms with Crippen molar-refractivity contribution in [3.8, 4) is 0 Å². The number of nitrogens with one attached hydrogen (secondary N) is 1. The van der Waals surface area contributed by atoms with Crippen molar-refractivity contribution in [2.45, 2.75) is 12.5 Å². The second kappa shape index (κ2) is 6.30. The number of aromatic nitrogens is 1. The molecule has 1 aromatic heterocycles. The Labute approximate surface area is 120 Å². The minimum Gasteiger partial charge on any atom is -0.271 e. The van der Waals surface area contributed by atoms with Gasteiger partial charge in [0.05, 0.1) is 16.8 Å². The maximum absolute atomic E-state index is 13.7. The van der Waals surface area contributed by atoms with Gasteiger partial charge in [0.2, 0.25) is 0 Å². The summed E-state index contributed by atoms with van der Waals surface area (Å²) in [5.74, 6) is 5.18. The van der Waals surface area contributed by atoms with E-state index in [1.807, 2.05) is 0 Å². The van der Waals surface area contributed by atoms with Crippen LogP contribution in [0.25, 0.3) is 0 Å². The third kappa shape index (κ3) is 3.64. The van der Waals surface area contributed by atoms with Gasteiger partial charge < -0.3 is 0 Å². The largest absolute Gasteiger partial charge is 0.271 e. The van der Waals surface area contributed by atoms with E-state index < -0.39 is 0 Å². The number of benzene rings is 1. The highest BCUT2D eigenvalue weighted by molar-refractivity contribution is 6.30. The van der Waals surface area contributed by atoms with Gasteiger partial charge in [0, 0.05) is 11.2 Å². The third-order valence-electron chi connectivity index (χ3n) is 2.74. The first-order chi connectivity index (χ1) is 9.10. The highest BCUT2D eigenvalue weighted by Gasteiger charge is 2.14. The van der Waals surface area contributed by atoms with Gasteiger partial charge in [-0.1, -0.05) is 23.2 Å². The number of pyridine rings is 1. The summed E-state index contributed by atoms with van der Waals surface area (Å²) in [7, 11) is 0. The van der Waals surface area contributed by atoms with E-state index in [2.05, 4.69) is 10.4 Å². The first kappa shape index (κ1) is 14.2. The van der Waals surface area contributed by atoms with E-state index in [4.69, 9.17) is 29.0 Å². The number of nitrogens with two attached hydrogens (primary N) is 1. The molecule has 2 aromatic rings. The molecule has 1 unspecified atom stereocenters. The first-order valence-electron chi connectivity index (χ1n) is 5.61. The molecular weight excluding hydrogens is 288 g/mol. The van der Waals surface area contributed by atoms with Crippen LogP contribution in [0.2, 0.25) is 10.0 Å². The number of hydrogen-bond donors (Lipinski definition) is 2. The van der Waals surface area contributed by atoms with Crippen molar-refractivity contribution in [2.75, 3.05) is 0 Å². The summed E-state index contributed by atoms with van der Waals surface area (Å²) in [4.78, 5) is 4.17. The summed E-state index contributed by atoms with van der Waals surface area (Å²) in [6.07, 6.45) is 1.87. The van der Waals surface area contributed by atoms with Gasteiger partial charge in [-0.2, -0.15) is 0 Å². The summed E-state index contributed by atoms with van der Waals surface area (Å²) >= 11 is 11.6. The maximum Gasteiger partial charge on any atom is 0.126 e. The number of hydrogen-bond acceptors (Lipinski definition) is 3. The van der Waals surface area contributed by atoms with Gasteiger partial charge in [0.1, 0.15) is 5.82 Å². The minimum atomic E-state index is -0.321. The fourth-order valence-electron chi connectivity index (χ4n) is 1.76. The molecule has 100 valence electrons. The molecule has 1 aromatic carbocycles. The van der Waals surface area contributed by atoms with Crippen LogP contribution >= 0.6 is 23.2 Å². The van der Waals surface area contributed by atoms with Crippen molar-refractivity contribution < 1.29 is 4.39 Å². The Bertz CT molecular complexity index is 560. The van der Waals surface area contributed by atoms with Crippen LogP contribution in [0.4, 0.5) is 4.39 Å². The molecule has 0 bridgehead atoms. The number of hydrazine groups is 1. The molecule has 0 saturated carbocycles. The van der Waals surface area contributed by atoms with Crippen LogP contribution in [0, 0.1) is 5.82 Å². The third-order valence-corrected chi connectivity index (χ3v) is 3.20. The summed E-state index contributed by atoms with van der Waals surface area (Å²) in [5.41, 5.74) is 3.78. The van der Waals surface area contributed by atoms with Crippen molar-refractivity contribution in [2.24, 2.45) is 5.84 Å². The molecular formula is C13H12Cl2FN3. The second-order valence-corrected chi connectivity index (χ2v) is 4.93. The lowest BCUT2D eigenvalue weighted by Gasteiger charge is -2.16. The Balaban J connectivity index is 2.23. The fourth-order valence-corrected chi connectivity index (χ4v) is 2.07. The van der Waals surface area contributed by atoms with Crippen molar-refractivity contribution in [1.29, 1.82) is 0 Å². The van der Waals surface area contributed by atoms with E-state index in [9.17, 15) is 4.39 Å². The smallest absolute Gasteiger partial charge is 0.126 e. The molecule has 2 rings (SSSR count). The monoisotopic (exact) mass is 299 g/mol. The molecule has 0 radical (unpaired) electrons. The molecule has 0 aliphatic heterocycles. The van der Waals surface area contributed by atoms with E-state index in [-0.39, 0.29) is 11.9 Å². The lowest BCUT2D eigenvalue weighted by Crippen LogP contribution is -2.30. The standard InChI is InChI=1S/C13H12Cl2FN3/c14-9-1-3-11(16)8(5-9)6-13(19-17)12-4-2-10(15)7-18-12/h1-5,7,13,19H,6,17H2. The molecule has 6 heteroatoms. The van der Waals surface area contributed by atoms with E-state index >= 15 is 0 Å². The quantitative estimate of drug-likeness (QED) is 0.673. The normalized spacial score (nSPS) is 12.4. The summed E-state index contributed by atoms with van der Waals surface area (Å²) < 4.78 is 13.7. The van der Waals surface area contributed by atoms with E-state index in [1.54, 1.807) is 18.2 Å². The molecule has 0 amide bonds. The van der Waals surface area contributed by atoms with Gasteiger partial charge in [-0.25, -0.2) is 4.39 Å². The van der Waals surface area contributed by atoms with Crippen LogP contribution in [0.15, 0.2) is 36.5 Å². The van der Waals surface area contributed by atoms with E-state index in [1.165, 1.54) is 18.3 Å². The Hall–Kier alpha value is -1.20. The van der Waals surface area contributed by atoms with Crippen LogP contribution in [-0.4, -0.2) is 4.98 Å². The summed E-state index contributed by atoms with van der Waals surface area (Å²) in [6, 6.07) is 7.56. The lowest BCUT2D eigenvalue weighted by molar-refractivity contribution is 0.519. The minimum absolute atomic E-state index is 0.315. The highest BCUT2D eigenvalue weighted by atomic mass is 35.5. The molecule has 19 heavy (non-hydrogen) atoms. The van der Waals surface area contributed by atoms with Crippen LogP contribution in [0.3, 0.4) is 0 Å². The lowest BCUT2D eigenvalue weighted by atomic mass is 10.0. The van der Waals surface area contributed by atoms with Gasteiger partial charge in [-0.15, -0.1) is 0 Å². The van der Waals surface area contributed by atoms with Crippen molar-refractivity contribution in [1.82, 2.24) is 10.4 Å². The molecule has 0 spiro atoms. The molecule has 0 fully saturated rings. The van der Waals surface area contributed by atoms with Gasteiger partial charge in [0.15, 0.2) is 0 Å². The summed E-state index contributed by atoms with van der Waals surface area (Å²) in [5, 5.41) is 1.02. The number of halogens is 3. The molecule has 0 saturated heterocycles. The zero-order valence-corrected chi connectivity index (χ0v) is 11.4. The predicted molar refractivity (Wildman–Crippen MR) is 74.4 cm³/mol. The molecule has 0 aliphatic carbocycles. The van der Waals surface area contributed by atoms with E-state index in [0.717, 1.165) is 0 Å². The van der Waals surface area contributed by atoms with Gasteiger partial charge in [0.25, 0.3) is 0 Å². The van der Waals surface area contributed by atoms with Gasteiger partial charge in [-0.3, -0.25) is 16.3 Å². The van der Waals surface area contributed by atoms with Crippen LogP contribution in [-0.2, 0) is 6.42 Å². The highest BCUT2D eigenvalue weighted by Crippen LogP contribution is 2.22. The molecule has 3 nitrogen and oxygen atoms in total.